The van der Waals surface area contributed by atoms with Gasteiger partial charge in [-0.25, -0.2) is 9.37 Å². The van der Waals surface area contributed by atoms with E-state index in [2.05, 4.69) is 14.3 Å². The molecule has 0 bridgehead atoms. The Labute approximate surface area is 179 Å². The van der Waals surface area contributed by atoms with Crippen LogP contribution in [0.25, 0.3) is 0 Å². The van der Waals surface area contributed by atoms with Gasteiger partial charge in [-0.2, -0.15) is 4.37 Å². The number of anilines is 1. The molecule has 6 nitrogen and oxygen atoms in total. The first-order valence-electron chi connectivity index (χ1n) is 9.87. The summed E-state index contributed by atoms with van der Waals surface area (Å²) in [7, 11) is 1.61. The van der Waals surface area contributed by atoms with Crippen molar-refractivity contribution < 1.29 is 13.9 Å². The van der Waals surface area contributed by atoms with Crippen LogP contribution < -0.4 is 9.64 Å². The summed E-state index contributed by atoms with van der Waals surface area (Å²) >= 11 is 1.37. The lowest BCUT2D eigenvalue weighted by Crippen LogP contribution is -2.35. The molecule has 2 heterocycles. The highest BCUT2D eigenvalue weighted by molar-refractivity contribution is 7.09. The quantitative estimate of drug-likeness (QED) is 0.624. The van der Waals surface area contributed by atoms with Crippen molar-refractivity contribution >= 4 is 22.6 Å². The molecular formula is C22H23FN4O2S. The van der Waals surface area contributed by atoms with Gasteiger partial charge < -0.3 is 14.5 Å². The number of hydrogen-bond donors (Lipinski definition) is 0. The monoisotopic (exact) mass is 426 g/mol. The third kappa shape index (κ3) is 4.76. The van der Waals surface area contributed by atoms with E-state index >= 15 is 0 Å². The second kappa shape index (κ2) is 9.21. The maximum atomic E-state index is 13.1. The normalized spacial score (nSPS) is 14.5. The number of halogens is 1. The Morgan fingerprint density at radius 3 is 2.57 bits per heavy atom. The molecule has 1 aliphatic rings. The Morgan fingerprint density at radius 2 is 1.83 bits per heavy atom. The zero-order valence-corrected chi connectivity index (χ0v) is 17.6. The Bertz CT molecular complexity index is 991. The molecule has 4 rings (SSSR count). The minimum absolute atomic E-state index is 0.0359. The molecule has 1 aliphatic heterocycles. The molecule has 0 radical (unpaired) electrons. The van der Waals surface area contributed by atoms with Crippen LogP contribution >= 0.6 is 11.5 Å². The highest BCUT2D eigenvalue weighted by Crippen LogP contribution is 2.21. The first-order valence-corrected chi connectivity index (χ1v) is 10.6. The average Bonchev–Trinajstić information content (AvgIpc) is 3.09. The summed E-state index contributed by atoms with van der Waals surface area (Å²) in [6.45, 7) is 2.89. The van der Waals surface area contributed by atoms with Gasteiger partial charge in [-0.15, -0.1) is 0 Å². The number of aromatic nitrogens is 2. The predicted molar refractivity (Wildman–Crippen MR) is 115 cm³/mol. The zero-order valence-electron chi connectivity index (χ0n) is 16.8. The fourth-order valence-electron chi connectivity index (χ4n) is 3.46. The van der Waals surface area contributed by atoms with E-state index in [1.54, 1.807) is 43.5 Å². The SMILES string of the molecule is COc1ccc(C(=O)N2CCCN(c3nc(Cc4ccc(F)cc4)ns3)CC2)cc1. The van der Waals surface area contributed by atoms with E-state index in [1.165, 1.54) is 23.7 Å². The van der Waals surface area contributed by atoms with Gasteiger partial charge in [0.1, 0.15) is 17.4 Å². The van der Waals surface area contributed by atoms with E-state index < -0.39 is 0 Å². The van der Waals surface area contributed by atoms with E-state index in [9.17, 15) is 9.18 Å². The number of nitrogens with zero attached hydrogens (tertiary/aromatic N) is 4. The van der Waals surface area contributed by atoms with Gasteiger partial charge in [0.05, 0.1) is 7.11 Å². The van der Waals surface area contributed by atoms with Crippen LogP contribution in [0.2, 0.25) is 0 Å². The fraction of sp³-hybridized carbons (Fsp3) is 0.318. The number of ether oxygens (including phenoxy) is 1. The molecule has 8 heteroatoms. The van der Waals surface area contributed by atoms with Gasteiger partial charge in [0, 0.05) is 49.7 Å². The smallest absolute Gasteiger partial charge is 0.253 e. The summed E-state index contributed by atoms with van der Waals surface area (Å²) in [6, 6.07) is 13.6. The number of rotatable bonds is 5. The molecule has 0 aliphatic carbocycles. The van der Waals surface area contributed by atoms with Crippen LogP contribution in [0.4, 0.5) is 9.52 Å². The van der Waals surface area contributed by atoms with Gasteiger partial charge in [0.25, 0.3) is 5.91 Å². The molecular weight excluding hydrogens is 403 g/mol. The van der Waals surface area contributed by atoms with E-state index in [4.69, 9.17) is 4.74 Å². The standard InChI is InChI=1S/C22H23FN4O2S/c1-29-19-9-5-17(6-10-19)21(28)26-11-2-12-27(14-13-26)22-24-20(25-30-22)15-16-3-7-18(23)8-4-16/h3-10H,2,11-15H2,1H3. The van der Waals surface area contributed by atoms with E-state index in [0.29, 0.717) is 31.6 Å². The maximum absolute atomic E-state index is 13.1. The van der Waals surface area contributed by atoms with Crippen LogP contribution in [0.15, 0.2) is 48.5 Å². The van der Waals surface area contributed by atoms with Gasteiger partial charge in [-0.1, -0.05) is 12.1 Å². The molecule has 1 fully saturated rings. The van der Waals surface area contributed by atoms with Crippen LogP contribution in [-0.2, 0) is 6.42 Å². The van der Waals surface area contributed by atoms with Gasteiger partial charge >= 0.3 is 0 Å². The third-order valence-corrected chi connectivity index (χ3v) is 5.94. The predicted octanol–water partition coefficient (Wildman–Crippen LogP) is 3.63. The van der Waals surface area contributed by atoms with Crippen molar-refractivity contribution in [3.05, 3.63) is 71.3 Å². The molecule has 3 aromatic rings. The average molecular weight is 427 g/mol. The number of carbonyl (C=O) groups is 1. The number of methoxy groups -OCH3 is 1. The fourth-order valence-corrected chi connectivity index (χ4v) is 4.19. The Kier molecular flexibility index (Phi) is 6.23. The highest BCUT2D eigenvalue weighted by Gasteiger charge is 2.22. The Hall–Kier alpha value is -3.00. The molecule has 30 heavy (non-hydrogen) atoms. The molecule has 1 amide bonds. The summed E-state index contributed by atoms with van der Waals surface area (Å²) in [5.41, 5.74) is 1.65. The molecule has 0 spiro atoms. The van der Waals surface area contributed by atoms with Crippen LogP contribution in [0, 0.1) is 5.82 Å². The van der Waals surface area contributed by atoms with Crippen molar-refractivity contribution in [2.45, 2.75) is 12.8 Å². The summed E-state index contributed by atoms with van der Waals surface area (Å²) in [5.74, 6) is 1.26. The Balaban J connectivity index is 1.37. The topological polar surface area (TPSA) is 58.6 Å². The van der Waals surface area contributed by atoms with Crippen molar-refractivity contribution in [3.63, 3.8) is 0 Å². The van der Waals surface area contributed by atoms with Crippen molar-refractivity contribution in [2.24, 2.45) is 0 Å². The largest absolute Gasteiger partial charge is 0.497 e. The number of hydrogen-bond acceptors (Lipinski definition) is 6. The third-order valence-electron chi connectivity index (χ3n) is 5.12. The second-order valence-corrected chi connectivity index (χ2v) is 7.89. The van der Waals surface area contributed by atoms with Crippen LogP contribution in [-0.4, -0.2) is 53.5 Å². The number of amides is 1. The lowest BCUT2D eigenvalue weighted by atomic mass is 10.1. The van der Waals surface area contributed by atoms with Gasteiger partial charge in [0.15, 0.2) is 0 Å². The molecule has 0 N–H and O–H groups in total. The van der Waals surface area contributed by atoms with Crippen LogP contribution in [0.1, 0.15) is 28.2 Å². The summed E-state index contributed by atoms with van der Waals surface area (Å²) < 4.78 is 22.7. The van der Waals surface area contributed by atoms with Crippen LogP contribution in [0.3, 0.4) is 0 Å². The maximum Gasteiger partial charge on any atom is 0.253 e. The molecule has 0 unspecified atom stereocenters. The highest BCUT2D eigenvalue weighted by atomic mass is 32.1. The molecule has 156 valence electrons. The van der Waals surface area contributed by atoms with Gasteiger partial charge in [0.2, 0.25) is 5.13 Å². The lowest BCUT2D eigenvalue weighted by molar-refractivity contribution is 0.0767. The van der Waals surface area contributed by atoms with E-state index in [1.807, 2.05) is 4.90 Å². The first-order chi connectivity index (χ1) is 14.6. The summed E-state index contributed by atoms with van der Waals surface area (Å²) in [6.07, 6.45) is 1.45. The number of carbonyl (C=O) groups excluding carboxylic acids is 1. The van der Waals surface area contributed by atoms with Crippen LogP contribution in [0.5, 0.6) is 5.75 Å². The molecule has 0 saturated carbocycles. The summed E-state index contributed by atoms with van der Waals surface area (Å²) in [4.78, 5) is 21.6. The minimum atomic E-state index is -0.246. The molecule has 1 saturated heterocycles. The Morgan fingerprint density at radius 1 is 1.07 bits per heavy atom. The zero-order chi connectivity index (χ0) is 20.9. The van der Waals surface area contributed by atoms with E-state index in [-0.39, 0.29) is 11.7 Å². The van der Waals surface area contributed by atoms with Crippen molar-refractivity contribution in [1.29, 1.82) is 0 Å². The van der Waals surface area contributed by atoms with E-state index in [0.717, 1.165) is 35.2 Å². The molecule has 1 aromatic heterocycles. The van der Waals surface area contributed by atoms with Crippen molar-refractivity contribution in [2.75, 3.05) is 38.2 Å². The lowest BCUT2D eigenvalue weighted by Gasteiger charge is -2.21. The van der Waals surface area contributed by atoms with Gasteiger partial charge in [-0.05, 0) is 48.4 Å². The minimum Gasteiger partial charge on any atom is -0.497 e. The molecule has 0 atom stereocenters. The first kappa shape index (κ1) is 20.3. The second-order valence-electron chi connectivity index (χ2n) is 7.16. The summed E-state index contributed by atoms with van der Waals surface area (Å²) in [5, 5.41) is 0.867. The van der Waals surface area contributed by atoms with Crippen molar-refractivity contribution in [1.82, 2.24) is 14.3 Å². The van der Waals surface area contributed by atoms with Crippen molar-refractivity contribution in [3.8, 4) is 5.75 Å². The van der Waals surface area contributed by atoms with Gasteiger partial charge in [-0.3, -0.25) is 4.79 Å². The number of benzene rings is 2. The molecule has 2 aromatic carbocycles.